The normalized spacial score (nSPS) is 14.4. The van der Waals surface area contributed by atoms with Crippen molar-refractivity contribution in [2.75, 3.05) is 31.9 Å². The molecule has 0 aromatic heterocycles. The van der Waals surface area contributed by atoms with Crippen LogP contribution in [0, 0.1) is 5.92 Å². The monoisotopic (exact) mass is 828 g/mol. The maximum Gasteiger partial charge on any atom is 0.307 e. The van der Waals surface area contributed by atoms with Gasteiger partial charge in [-0.15, -0.1) is 11.8 Å². The van der Waals surface area contributed by atoms with Crippen molar-refractivity contribution >= 4 is 64.6 Å². The van der Waals surface area contributed by atoms with Gasteiger partial charge in [0.1, 0.15) is 17.3 Å². The van der Waals surface area contributed by atoms with Gasteiger partial charge in [-0.1, -0.05) is 45.4 Å². The van der Waals surface area contributed by atoms with Crippen LogP contribution < -0.4 is 0 Å². The number of Topliss-reactive ketones (excluding diaryl/α,β-unsaturated/α-hetero) is 3. The molecule has 1 rings (SSSR count). The topological polar surface area (TPSA) is 248 Å². The van der Waals surface area contributed by atoms with Gasteiger partial charge in [0.2, 0.25) is 29.5 Å². The predicted molar refractivity (Wildman–Crippen MR) is 208 cm³/mol. The number of carbonyl (C=O) groups excluding carboxylic acids is 8. The third-order valence-electron chi connectivity index (χ3n) is 9.69. The van der Waals surface area contributed by atoms with E-state index in [1.165, 1.54) is 13.8 Å². The number of rotatable bonds is 34. The molecule has 1 unspecified atom stereocenters. The number of ketones is 3. The van der Waals surface area contributed by atoms with Crippen molar-refractivity contribution in [1.82, 2.24) is 20.1 Å². The van der Waals surface area contributed by atoms with Gasteiger partial charge in [-0.25, -0.2) is 15.2 Å². The Morgan fingerprint density at radius 1 is 0.614 bits per heavy atom. The Hall–Kier alpha value is -3.74. The lowest BCUT2D eigenvalue weighted by Gasteiger charge is -2.15. The third kappa shape index (κ3) is 23.3. The van der Waals surface area contributed by atoms with Gasteiger partial charge in [-0.2, -0.15) is 0 Å². The Morgan fingerprint density at radius 3 is 1.44 bits per heavy atom. The van der Waals surface area contributed by atoms with E-state index in [0.29, 0.717) is 85.8 Å². The molecule has 1 heterocycles. The van der Waals surface area contributed by atoms with Crippen LogP contribution in [0.15, 0.2) is 0 Å². The fraction of sp³-hybridized carbons (Fsp3) is 0.769. The number of carboxylic acid groups (broad SMARTS) is 1. The molecule has 5 amide bonds. The molecule has 4 N–H and O–H groups in total. The highest BCUT2D eigenvalue weighted by atomic mass is 32.2. The minimum absolute atomic E-state index is 0.000840. The Balaban J connectivity index is 2.04. The van der Waals surface area contributed by atoms with Crippen LogP contribution in [0.5, 0.6) is 0 Å². The molecule has 0 aromatic carbocycles. The summed E-state index contributed by atoms with van der Waals surface area (Å²) < 4.78 is 0. The van der Waals surface area contributed by atoms with E-state index in [4.69, 9.17) is 5.11 Å². The highest BCUT2D eigenvalue weighted by Crippen LogP contribution is 2.27. The van der Waals surface area contributed by atoms with Crippen LogP contribution in [0.2, 0.25) is 0 Å². The number of carbonyl (C=O) groups is 9. The summed E-state index contributed by atoms with van der Waals surface area (Å²) in [6.45, 7) is 3.28. The molecule has 0 aromatic rings. The van der Waals surface area contributed by atoms with E-state index in [9.17, 15) is 58.8 Å². The van der Waals surface area contributed by atoms with E-state index >= 15 is 0 Å². The first-order valence-electron chi connectivity index (χ1n) is 20.2. The summed E-state index contributed by atoms with van der Waals surface area (Å²) in [6.07, 6.45) is 8.53. The van der Waals surface area contributed by atoms with E-state index in [1.54, 1.807) is 0 Å². The second-order valence-corrected chi connectivity index (χ2v) is 15.9. The summed E-state index contributed by atoms with van der Waals surface area (Å²) in [5.74, 6) is -3.87. The smallest absolute Gasteiger partial charge is 0.307 e. The third-order valence-corrected chi connectivity index (χ3v) is 11.2. The minimum atomic E-state index is -0.970. The number of nitrogens with zero attached hydrogens (tertiary/aromatic N) is 4. The molecule has 18 heteroatoms. The van der Waals surface area contributed by atoms with Crippen LogP contribution in [0.4, 0.5) is 0 Å². The average molecular weight is 829 g/mol. The maximum atomic E-state index is 12.5. The van der Waals surface area contributed by atoms with Crippen molar-refractivity contribution in [3.05, 3.63) is 0 Å². The maximum absolute atomic E-state index is 12.5. The van der Waals surface area contributed by atoms with Crippen molar-refractivity contribution in [2.45, 2.75) is 154 Å². The van der Waals surface area contributed by atoms with Crippen molar-refractivity contribution in [3.8, 4) is 0 Å². The number of thioether (sulfide) groups is 1. The Morgan fingerprint density at radius 2 is 1.02 bits per heavy atom. The van der Waals surface area contributed by atoms with Gasteiger partial charge in [0.15, 0.2) is 0 Å². The molecular weight excluding hydrogens is 765 g/mol. The zero-order valence-corrected chi connectivity index (χ0v) is 34.5. The van der Waals surface area contributed by atoms with Gasteiger partial charge in [-0.05, 0) is 38.5 Å². The number of amides is 5. The molecule has 0 saturated carbocycles. The van der Waals surface area contributed by atoms with Crippen molar-refractivity contribution < 1.29 is 63.9 Å². The molecule has 1 fully saturated rings. The number of imide groups is 1. The summed E-state index contributed by atoms with van der Waals surface area (Å²) >= 11 is 1.15. The highest BCUT2D eigenvalue weighted by Gasteiger charge is 2.39. The number of hydroxylamine groups is 6. The Kier molecular flexibility index (Phi) is 26.5. The fourth-order valence-corrected chi connectivity index (χ4v) is 7.12. The van der Waals surface area contributed by atoms with Crippen LogP contribution in [-0.4, -0.2) is 131 Å². The molecule has 2 atom stereocenters. The number of unbranched alkanes of at least 4 members (excludes halogenated alkanes) is 9. The zero-order valence-electron chi connectivity index (χ0n) is 33.7. The van der Waals surface area contributed by atoms with Crippen molar-refractivity contribution in [1.29, 1.82) is 0 Å². The number of likely N-dealkylation sites (tertiary alicyclic amines) is 1. The average Bonchev–Trinajstić information content (AvgIpc) is 3.44. The SMILES string of the molecule is CC(=O)N(O)CCCCCCC(=O)CCC(=O)N(O)CCCCCCC(=O)CCC(=O)N(O)CCCCCCC(=O)CCN1C(=O)CC(SC[C@H](C)C(=O)O)C1=O. The van der Waals surface area contributed by atoms with Crippen molar-refractivity contribution in [2.24, 2.45) is 5.92 Å². The van der Waals surface area contributed by atoms with Crippen LogP contribution in [0.25, 0.3) is 0 Å². The second-order valence-electron chi connectivity index (χ2n) is 14.7. The molecule has 0 radical (unpaired) electrons. The highest BCUT2D eigenvalue weighted by molar-refractivity contribution is 8.00. The molecule has 17 nitrogen and oxygen atoms in total. The van der Waals surface area contributed by atoms with E-state index in [2.05, 4.69) is 0 Å². The molecule has 57 heavy (non-hydrogen) atoms. The molecular formula is C39H64N4O13S. The summed E-state index contributed by atoms with van der Waals surface area (Å²) in [5.41, 5.74) is 0. The molecule has 1 aliphatic rings. The van der Waals surface area contributed by atoms with Crippen LogP contribution in [0.1, 0.15) is 149 Å². The first-order valence-corrected chi connectivity index (χ1v) is 21.3. The fourth-order valence-electron chi connectivity index (χ4n) is 5.93. The number of hydrogen-bond acceptors (Lipinski definition) is 13. The standard InChI is InChI=1S/C39H64N4O13S/c1-29(39(52)53)28-57-34-27-37(50)40(38(34)51)26-22-33(47)17-11-5-8-14-25-43(56)36(49)21-19-32(46)16-10-4-7-13-24-42(55)35(48)20-18-31(45)15-9-3-6-12-23-41(54)30(2)44/h29,34,54-56H,3-28H2,1-2H3,(H,52,53)/t29-,34?/m0/s1. The van der Waals surface area contributed by atoms with E-state index in [1.807, 2.05) is 0 Å². The number of hydrogen-bond donors (Lipinski definition) is 4. The number of carboxylic acids is 1. The Bertz CT molecular complexity index is 1350. The van der Waals surface area contributed by atoms with Gasteiger partial charge in [0.25, 0.3) is 0 Å². The molecule has 0 spiro atoms. The van der Waals surface area contributed by atoms with E-state index in [-0.39, 0.29) is 112 Å². The molecule has 324 valence electrons. The minimum Gasteiger partial charge on any atom is -0.481 e. The van der Waals surface area contributed by atoms with Gasteiger partial charge < -0.3 is 5.11 Å². The van der Waals surface area contributed by atoms with E-state index in [0.717, 1.165) is 29.5 Å². The lowest BCUT2D eigenvalue weighted by atomic mass is 10.1. The largest absolute Gasteiger partial charge is 0.481 e. The second kappa shape index (κ2) is 29.5. The molecule has 1 aliphatic heterocycles. The van der Waals surface area contributed by atoms with Crippen LogP contribution >= 0.6 is 11.8 Å². The first-order chi connectivity index (χ1) is 27.0. The lowest BCUT2D eigenvalue weighted by molar-refractivity contribution is -0.166. The quantitative estimate of drug-likeness (QED) is 0.0296. The van der Waals surface area contributed by atoms with Crippen LogP contribution in [0.3, 0.4) is 0 Å². The van der Waals surface area contributed by atoms with Gasteiger partial charge in [0.05, 0.1) is 11.2 Å². The Labute approximate surface area is 339 Å². The van der Waals surface area contributed by atoms with E-state index < -0.39 is 34.9 Å². The zero-order chi connectivity index (χ0) is 42.8. The van der Waals surface area contributed by atoms with Crippen molar-refractivity contribution in [3.63, 3.8) is 0 Å². The summed E-state index contributed by atoms with van der Waals surface area (Å²) in [6, 6.07) is 0. The number of aliphatic carboxylic acids is 1. The van der Waals surface area contributed by atoms with Gasteiger partial charge in [0, 0.05) is 96.6 Å². The lowest BCUT2D eigenvalue weighted by Crippen LogP contribution is -2.33. The first kappa shape index (κ1) is 51.3. The summed E-state index contributed by atoms with van der Waals surface area (Å²) in [5, 5.41) is 39.6. The molecule has 1 saturated heterocycles. The molecule has 0 aliphatic carbocycles. The van der Waals surface area contributed by atoms with Crippen LogP contribution in [-0.2, 0) is 43.2 Å². The summed E-state index contributed by atoms with van der Waals surface area (Å²) in [4.78, 5) is 109. The summed E-state index contributed by atoms with van der Waals surface area (Å²) in [7, 11) is 0. The predicted octanol–water partition coefficient (Wildman–Crippen LogP) is 4.75. The van der Waals surface area contributed by atoms with Gasteiger partial charge in [-0.3, -0.25) is 63.7 Å². The molecule has 0 bridgehead atoms. The van der Waals surface area contributed by atoms with Gasteiger partial charge >= 0.3 is 5.97 Å².